The Balaban J connectivity index is 2.22. The maximum Gasteiger partial charge on any atom is 0.110 e. The van der Waals surface area contributed by atoms with Gasteiger partial charge < -0.3 is 20.5 Å². The zero-order chi connectivity index (χ0) is 14.8. The normalized spacial score (nSPS) is 21.9. The van der Waals surface area contributed by atoms with Crippen molar-refractivity contribution in [2.24, 2.45) is 5.73 Å². The largest absolute Gasteiger partial charge is 0.389 e. The first-order valence-corrected chi connectivity index (χ1v) is 7.03. The van der Waals surface area contributed by atoms with Gasteiger partial charge in [0.25, 0.3) is 0 Å². The number of nitrogens with zero attached hydrogens (tertiary/aromatic N) is 1. The number of ether oxygens (including phenoxy) is 2. The Bertz CT molecular complexity index is 513. The second-order valence-electron chi connectivity index (χ2n) is 5.18. The van der Waals surface area contributed by atoms with Gasteiger partial charge in [0.05, 0.1) is 12.2 Å². The Kier molecular flexibility index (Phi) is 4.57. The molecule has 3 N–H and O–H groups in total. The molecule has 1 fully saturated rings. The number of hydrogen-bond acceptors (Lipinski definition) is 5. The first-order valence-electron chi connectivity index (χ1n) is 6.62. The minimum absolute atomic E-state index is 0.279. The molecule has 1 aliphatic rings. The van der Waals surface area contributed by atoms with Gasteiger partial charge >= 0.3 is 0 Å². The topological polar surface area (TPSA) is 69.4 Å². The van der Waals surface area contributed by atoms with E-state index >= 15 is 0 Å². The summed E-state index contributed by atoms with van der Waals surface area (Å²) in [5.74, 6) is 0. The van der Waals surface area contributed by atoms with E-state index in [1.807, 2.05) is 19.9 Å². The lowest BCUT2D eigenvalue weighted by Crippen LogP contribution is -2.40. The highest BCUT2D eigenvalue weighted by atomic mass is 32.1. The third-order valence-electron chi connectivity index (χ3n) is 3.68. The van der Waals surface area contributed by atoms with Crippen LogP contribution in [0.25, 0.3) is 0 Å². The maximum absolute atomic E-state index is 5.81. The number of nitrogens with one attached hydrogen (secondary N) is 1. The van der Waals surface area contributed by atoms with Crippen molar-refractivity contribution < 1.29 is 9.47 Å². The number of hydrogen-bond donors (Lipinski definition) is 2. The van der Waals surface area contributed by atoms with E-state index in [1.54, 1.807) is 7.11 Å². The summed E-state index contributed by atoms with van der Waals surface area (Å²) in [7, 11) is 1.72. The zero-order valence-electron chi connectivity index (χ0n) is 12.2. The van der Waals surface area contributed by atoms with E-state index in [2.05, 4.69) is 10.3 Å². The molecule has 1 atom stereocenters. The average molecular weight is 295 g/mol. The third-order valence-corrected chi connectivity index (χ3v) is 3.88. The summed E-state index contributed by atoms with van der Waals surface area (Å²) in [6.45, 7) is 5.85. The molecule has 110 valence electrons. The van der Waals surface area contributed by atoms with Gasteiger partial charge in [-0.25, -0.2) is 0 Å². The summed E-state index contributed by atoms with van der Waals surface area (Å²) in [5, 5.41) is 3.40. The highest BCUT2D eigenvalue weighted by molar-refractivity contribution is 7.80. The predicted octanol–water partition coefficient (Wildman–Crippen LogP) is 1.55. The lowest BCUT2D eigenvalue weighted by molar-refractivity contribution is -0.00620. The van der Waals surface area contributed by atoms with Crippen molar-refractivity contribution in [3.8, 4) is 0 Å². The van der Waals surface area contributed by atoms with E-state index in [9.17, 15) is 0 Å². The monoisotopic (exact) mass is 295 g/mol. The molecular weight excluding hydrogens is 274 g/mol. The third kappa shape index (κ3) is 3.08. The molecule has 1 unspecified atom stereocenters. The summed E-state index contributed by atoms with van der Waals surface area (Å²) in [5.41, 5.74) is 9.01. The molecule has 1 aromatic rings. The van der Waals surface area contributed by atoms with Crippen molar-refractivity contribution in [3.05, 3.63) is 23.0 Å². The van der Waals surface area contributed by atoms with E-state index in [0.29, 0.717) is 18.1 Å². The van der Waals surface area contributed by atoms with Crippen LogP contribution < -0.4 is 11.1 Å². The fourth-order valence-electron chi connectivity index (χ4n) is 2.50. The van der Waals surface area contributed by atoms with Gasteiger partial charge in [-0.3, -0.25) is 4.98 Å². The molecule has 0 saturated carbocycles. The van der Waals surface area contributed by atoms with Crippen LogP contribution in [0.2, 0.25) is 0 Å². The van der Waals surface area contributed by atoms with Crippen molar-refractivity contribution in [1.82, 2.24) is 4.98 Å². The van der Waals surface area contributed by atoms with Gasteiger partial charge in [-0.2, -0.15) is 0 Å². The fourth-order valence-corrected chi connectivity index (χ4v) is 2.75. The summed E-state index contributed by atoms with van der Waals surface area (Å²) >= 11 is 5.13. The van der Waals surface area contributed by atoms with E-state index in [1.165, 1.54) is 0 Å². The van der Waals surface area contributed by atoms with E-state index in [-0.39, 0.29) is 5.60 Å². The Labute approximate surface area is 124 Å². The van der Waals surface area contributed by atoms with E-state index < -0.39 is 0 Å². The van der Waals surface area contributed by atoms with Gasteiger partial charge in [0.1, 0.15) is 10.6 Å². The van der Waals surface area contributed by atoms with E-state index in [0.717, 1.165) is 35.7 Å². The van der Waals surface area contributed by atoms with Gasteiger partial charge in [0.15, 0.2) is 0 Å². The van der Waals surface area contributed by atoms with Crippen molar-refractivity contribution >= 4 is 22.9 Å². The minimum atomic E-state index is -0.279. The second-order valence-corrected chi connectivity index (χ2v) is 5.62. The molecule has 0 aromatic carbocycles. The lowest BCUT2D eigenvalue weighted by Gasteiger charge is -2.27. The molecule has 0 amide bonds. The summed E-state index contributed by atoms with van der Waals surface area (Å²) in [6, 6.07) is 1.96. The molecule has 2 heterocycles. The molecule has 0 radical (unpaired) electrons. The predicted molar refractivity (Wildman–Crippen MR) is 83.3 cm³/mol. The number of thiocarbonyl (C=S) groups is 1. The minimum Gasteiger partial charge on any atom is -0.389 e. The highest BCUT2D eigenvalue weighted by Crippen LogP contribution is 2.25. The van der Waals surface area contributed by atoms with Crippen molar-refractivity contribution in [2.45, 2.75) is 25.9 Å². The average Bonchev–Trinajstić information content (AvgIpc) is 2.84. The summed E-state index contributed by atoms with van der Waals surface area (Å²) in [4.78, 5) is 4.76. The van der Waals surface area contributed by atoms with Crippen molar-refractivity contribution in [1.29, 1.82) is 0 Å². The first kappa shape index (κ1) is 15.2. The molecule has 6 heteroatoms. The summed E-state index contributed by atoms with van der Waals surface area (Å²) in [6.07, 6.45) is 0.877. The Hall–Kier alpha value is -1.24. The van der Waals surface area contributed by atoms with Crippen molar-refractivity contribution in [3.63, 3.8) is 0 Å². The van der Waals surface area contributed by atoms with Crippen LogP contribution in [0.15, 0.2) is 6.07 Å². The van der Waals surface area contributed by atoms with Crippen LogP contribution >= 0.6 is 12.2 Å². The number of anilines is 1. The number of rotatable bonds is 5. The number of methoxy groups -OCH3 is 1. The van der Waals surface area contributed by atoms with Crippen LogP contribution in [-0.2, 0) is 9.47 Å². The van der Waals surface area contributed by atoms with Gasteiger partial charge in [-0.05, 0) is 19.9 Å². The molecule has 0 bridgehead atoms. The van der Waals surface area contributed by atoms with Crippen LogP contribution in [0, 0.1) is 13.8 Å². The second kappa shape index (κ2) is 6.03. The van der Waals surface area contributed by atoms with Gasteiger partial charge in [0.2, 0.25) is 0 Å². The molecule has 0 spiro atoms. The molecule has 1 aliphatic heterocycles. The molecule has 0 aliphatic carbocycles. The standard InChI is InChI=1S/C14H21N3O2S/c1-9-6-11(12(13(15)20)10(2)17-9)16-7-14(18-3)4-5-19-8-14/h6H,4-5,7-8H2,1-3H3,(H2,15,20)(H,16,17). The number of aromatic nitrogens is 1. The Morgan fingerprint density at radius 3 is 2.90 bits per heavy atom. The molecule has 5 nitrogen and oxygen atoms in total. The van der Waals surface area contributed by atoms with Crippen LogP contribution in [-0.4, -0.2) is 42.4 Å². The van der Waals surface area contributed by atoms with Gasteiger partial charge in [-0.15, -0.1) is 0 Å². The van der Waals surface area contributed by atoms with Crippen LogP contribution in [0.5, 0.6) is 0 Å². The van der Waals surface area contributed by atoms with Crippen LogP contribution in [0.1, 0.15) is 23.4 Å². The summed E-state index contributed by atoms with van der Waals surface area (Å²) < 4.78 is 11.1. The zero-order valence-corrected chi connectivity index (χ0v) is 13.0. The molecular formula is C14H21N3O2S. The van der Waals surface area contributed by atoms with Gasteiger partial charge in [0, 0.05) is 43.8 Å². The smallest absolute Gasteiger partial charge is 0.110 e. The van der Waals surface area contributed by atoms with Crippen LogP contribution in [0.4, 0.5) is 5.69 Å². The molecule has 20 heavy (non-hydrogen) atoms. The molecule has 2 rings (SSSR count). The van der Waals surface area contributed by atoms with E-state index in [4.69, 9.17) is 27.4 Å². The maximum atomic E-state index is 5.81. The number of aryl methyl sites for hydroxylation is 2. The number of nitrogens with two attached hydrogens (primary N) is 1. The molecule has 1 saturated heterocycles. The van der Waals surface area contributed by atoms with Gasteiger partial charge in [-0.1, -0.05) is 12.2 Å². The Morgan fingerprint density at radius 1 is 1.60 bits per heavy atom. The number of pyridine rings is 1. The van der Waals surface area contributed by atoms with Crippen molar-refractivity contribution in [2.75, 3.05) is 32.2 Å². The first-order chi connectivity index (χ1) is 9.47. The quantitative estimate of drug-likeness (QED) is 0.803. The lowest BCUT2D eigenvalue weighted by atomic mass is 10.0. The SMILES string of the molecule is COC1(CNc2cc(C)nc(C)c2C(N)=S)CCOC1. The van der Waals surface area contributed by atoms with Crippen LogP contribution in [0.3, 0.4) is 0 Å². The Morgan fingerprint density at radius 2 is 2.35 bits per heavy atom. The fraction of sp³-hybridized carbons (Fsp3) is 0.571. The molecule has 1 aromatic heterocycles. The highest BCUT2D eigenvalue weighted by Gasteiger charge is 2.35.